The first-order chi connectivity index (χ1) is 13.2. The van der Waals surface area contributed by atoms with Crippen molar-refractivity contribution in [3.63, 3.8) is 0 Å². The van der Waals surface area contributed by atoms with Crippen LogP contribution in [0.2, 0.25) is 0 Å². The molecule has 0 aliphatic heterocycles. The van der Waals surface area contributed by atoms with Gasteiger partial charge in [0, 0.05) is 0 Å². The molecule has 0 fully saturated rings. The van der Waals surface area contributed by atoms with Gasteiger partial charge in [0.1, 0.15) is 30.0 Å². The van der Waals surface area contributed by atoms with E-state index in [1.807, 2.05) is 0 Å². The minimum Gasteiger partial charge on any atom is -0.497 e. The number of rotatable bonds is 9. The van der Waals surface area contributed by atoms with Crippen LogP contribution in [0.3, 0.4) is 0 Å². The van der Waals surface area contributed by atoms with Crippen molar-refractivity contribution in [1.29, 1.82) is 0 Å². The normalized spacial score (nSPS) is 12.1. The Morgan fingerprint density at radius 2 is 1.68 bits per heavy atom. The number of amides is 1. The Morgan fingerprint density at radius 3 is 2.21 bits per heavy atom. The molecule has 2 rings (SSSR count). The van der Waals surface area contributed by atoms with Crippen LogP contribution < -0.4 is 19.1 Å². The first kappa shape index (κ1) is 21.5. The van der Waals surface area contributed by atoms with Crippen LogP contribution in [0.25, 0.3) is 0 Å². The lowest BCUT2D eigenvalue weighted by molar-refractivity contribution is -0.121. The number of ether oxygens (including phenoxy) is 2. The Labute approximate surface area is 164 Å². The van der Waals surface area contributed by atoms with Crippen molar-refractivity contribution in [3.05, 3.63) is 54.3 Å². The Bertz CT molecular complexity index is 886. The van der Waals surface area contributed by atoms with Gasteiger partial charge in [0.15, 0.2) is 0 Å². The largest absolute Gasteiger partial charge is 0.497 e. The molecule has 1 unspecified atom stereocenters. The summed E-state index contributed by atoms with van der Waals surface area (Å²) in [5, 5.41) is 2.64. The highest BCUT2D eigenvalue weighted by molar-refractivity contribution is 7.92. The molecule has 2 aromatic carbocycles. The molecule has 0 aromatic heterocycles. The second-order valence-corrected chi connectivity index (χ2v) is 7.89. The van der Waals surface area contributed by atoms with Crippen molar-refractivity contribution in [2.75, 3.05) is 30.8 Å². The van der Waals surface area contributed by atoms with E-state index in [4.69, 9.17) is 9.47 Å². The van der Waals surface area contributed by atoms with Gasteiger partial charge in [-0.3, -0.25) is 9.10 Å². The van der Waals surface area contributed by atoms with Gasteiger partial charge < -0.3 is 14.8 Å². The fourth-order valence-electron chi connectivity index (χ4n) is 2.56. The highest BCUT2D eigenvalue weighted by Gasteiger charge is 2.28. The van der Waals surface area contributed by atoms with E-state index in [9.17, 15) is 17.6 Å². The van der Waals surface area contributed by atoms with Crippen LogP contribution in [0, 0.1) is 5.82 Å². The van der Waals surface area contributed by atoms with Crippen molar-refractivity contribution in [1.82, 2.24) is 5.32 Å². The first-order valence-corrected chi connectivity index (χ1v) is 10.4. The maximum atomic E-state index is 13.1. The molecular weight excluding hydrogens is 387 g/mol. The van der Waals surface area contributed by atoms with Gasteiger partial charge in [-0.2, -0.15) is 0 Å². The standard InChI is InChI=1S/C19H23FN2O5S/c1-14(22(28(3,24)25)16-6-4-15(20)5-7-16)19(23)21-12-13-27-18-10-8-17(26-2)9-11-18/h4-11,14H,12-13H2,1-3H3,(H,21,23). The molecular formula is C19H23FN2O5S. The summed E-state index contributed by atoms with van der Waals surface area (Å²) >= 11 is 0. The topological polar surface area (TPSA) is 84.9 Å². The number of hydrogen-bond acceptors (Lipinski definition) is 5. The number of nitrogens with one attached hydrogen (secondary N) is 1. The van der Waals surface area contributed by atoms with E-state index < -0.39 is 27.8 Å². The van der Waals surface area contributed by atoms with E-state index in [1.54, 1.807) is 31.4 Å². The quantitative estimate of drug-likeness (QED) is 0.641. The van der Waals surface area contributed by atoms with E-state index >= 15 is 0 Å². The van der Waals surface area contributed by atoms with Gasteiger partial charge in [-0.05, 0) is 55.5 Å². The van der Waals surface area contributed by atoms with Gasteiger partial charge >= 0.3 is 0 Å². The summed E-state index contributed by atoms with van der Waals surface area (Å²) in [5.41, 5.74) is 0.209. The summed E-state index contributed by atoms with van der Waals surface area (Å²) in [5.74, 6) is 0.335. The number of hydrogen-bond donors (Lipinski definition) is 1. The number of methoxy groups -OCH3 is 1. The smallest absolute Gasteiger partial charge is 0.243 e. The minimum absolute atomic E-state index is 0.191. The molecule has 0 spiro atoms. The van der Waals surface area contributed by atoms with Crippen molar-refractivity contribution in [3.8, 4) is 11.5 Å². The van der Waals surface area contributed by atoms with E-state index in [1.165, 1.54) is 19.1 Å². The Kier molecular flexibility index (Phi) is 7.22. The molecule has 28 heavy (non-hydrogen) atoms. The van der Waals surface area contributed by atoms with Gasteiger partial charge in [0.25, 0.3) is 0 Å². The number of carbonyl (C=O) groups is 1. The molecule has 0 aliphatic carbocycles. The summed E-state index contributed by atoms with van der Waals surface area (Å²) < 4.78 is 48.9. The van der Waals surface area contributed by atoms with E-state index in [0.29, 0.717) is 11.5 Å². The molecule has 9 heteroatoms. The monoisotopic (exact) mass is 410 g/mol. The van der Waals surface area contributed by atoms with Crippen molar-refractivity contribution in [2.24, 2.45) is 0 Å². The molecule has 1 N–H and O–H groups in total. The average molecular weight is 410 g/mol. The maximum Gasteiger partial charge on any atom is 0.243 e. The fourth-order valence-corrected chi connectivity index (χ4v) is 3.73. The molecule has 1 amide bonds. The van der Waals surface area contributed by atoms with Crippen molar-refractivity contribution in [2.45, 2.75) is 13.0 Å². The molecule has 0 bridgehead atoms. The van der Waals surface area contributed by atoms with Gasteiger partial charge in [-0.15, -0.1) is 0 Å². The molecule has 1 atom stereocenters. The van der Waals surface area contributed by atoms with E-state index in [2.05, 4.69) is 5.32 Å². The van der Waals surface area contributed by atoms with E-state index in [0.717, 1.165) is 22.7 Å². The third-order valence-electron chi connectivity index (χ3n) is 3.90. The lowest BCUT2D eigenvalue weighted by Crippen LogP contribution is -2.48. The molecule has 0 saturated carbocycles. The number of carbonyl (C=O) groups excluding carboxylic acids is 1. The zero-order valence-corrected chi connectivity index (χ0v) is 16.7. The summed E-state index contributed by atoms with van der Waals surface area (Å²) in [7, 11) is -2.18. The predicted molar refractivity (Wildman–Crippen MR) is 105 cm³/mol. The van der Waals surface area contributed by atoms with Crippen molar-refractivity contribution >= 4 is 21.6 Å². The summed E-state index contributed by atoms with van der Waals surface area (Å²) in [6.07, 6.45) is 0.993. The summed E-state index contributed by atoms with van der Waals surface area (Å²) in [6.45, 7) is 1.86. The van der Waals surface area contributed by atoms with Gasteiger partial charge in [-0.1, -0.05) is 0 Å². The predicted octanol–water partition coefficient (Wildman–Crippen LogP) is 2.18. The van der Waals surface area contributed by atoms with Crippen molar-refractivity contribution < 1.29 is 27.1 Å². The van der Waals surface area contributed by atoms with E-state index in [-0.39, 0.29) is 18.8 Å². The number of sulfonamides is 1. The minimum atomic E-state index is -3.75. The lowest BCUT2D eigenvalue weighted by atomic mass is 10.2. The molecule has 0 saturated heterocycles. The number of nitrogens with zero attached hydrogens (tertiary/aromatic N) is 1. The molecule has 0 heterocycles. The average Bonchev–Trinajstić information content (AvgIpc) is 2.66. The zero-order chi connectivity index (χ0) is 20.7. The number of halogens is 1. The van der Waals surface area contributed by atoms with Crippen LogP contribution in [0.4, 0.5) is 10.1 Å². The summed E-state index contributed by atoms with van der Waals surface area (Å²) in [4.78, 5) is 12.4. The fraction of sp³-hybridized carbons (Fsp3) is 0.316. The Morgan fingerprint density at radius 1 is 1.11 bits per heavy atom. The van der Waals surface area contributed by atoms with Gasteiger partial charge in [0.2, 0.25) is 15.9 Å². The van der Waals surface area contributed by atoms with Crippen LogP contribution in [0.1, 0.15) is 6.92 Å². The van der Waals surface area contributed by atoms with Crippen LogP contribution in [-0.2, 0) is 14.8 Å². The first-order valence-electron chi connectivity index (χ1n) is 8.52. The molecule has 7 nitrogen and oxygen atoms in total. The van der Waals surface area contributed by atoms with Crippen LogP contribution >= 0.6 is 0 Å². The van der Waals surface area contributed by atoms with Crippen LogP contribution in [0.5, 0.6) is 11.5 Å². The highest BCUT2D eigenvalue weighted by Crippen LogP contribution is 2.21. The second kappa shape index (κ2) is 9.41. The zero-order valence-electron chi connectivity index (χ0n) is 15.9. The van der Waals surface area contributed by atoms with Crippen LogP contribution in [-0.4, -0.2) is 46.9 Å². The molecule has 152 valence electrons. The SMILES string of the molecule is COc1ccc(OCCNC(=O)C(C)N(c2ccc(F)cc2)S(C)(=O)=O)cc1. The Hall–Kier alpha value is -2.81. The second-order valence-electron chi connectivity index (χ2n) is 6.03. The summed E-state index contributed by atoms with van der Waals surface area (Å²) in [6, 6.07) is 10.9. The number of benzene rings is 2. The highest BCUT2D eigenvalue weighted by atomic mass is 32.2. The third kappa shape index (κ3) is 5.85. The molecule has 0 aliphatic rings. The number of anilines is 1. The lowest BCUT2D eigenvalue weighted by Gasteiger charge is -2.28. The molecule has 2 aromatic rings. The Balaban J connectivity index is 1.94. The third-order valence-corrected chi connectivity index (χ3v) is 5.14. The van der Waals surface area contributed by atoms with Gasteiger partial charge in [-0.25, -0.2) is 12.8 Å². The van der Waals surface area contributed by atoms with Gasteiger partial charge in [0.05, 0.1) is 25.6 Å². The maximum absolute atomic E-state index is 13.1. The molecule has 0 radical (unpaired) electrons. The van der Waals surface area contributed by atoms with Crippen LogP contribution in [0.15, 0.2) is 48.5 Å².